The van der Waals surface area contributed by atoms with Crippen molar-refractivity contribution in [1.82, 2.24) is 0 Å². The van der Waals surface area contributed by atoms with Crippen molar-refractivity contribution in [3.05, 3.63) is 109 Å². The maximum absolute atomic E-state index is 12.7. The van der Waals surface area contributed by atoms with E-state index in [2.05, 4.69) is 80.7 Å². The first-order chi connectivity index (χ1) is 27.4. The second-order valence-corrected chi connectivity index (χ2v) is 25.6. The monoisotopic (exact) mass is 874 g/mol. The Bertz CT molecular complexity index is 1290. The molecule has 0 N–H and O–H groups in total. The minimum Gasteiger partial charge on any atom is -0.497 e. The molecule has 0 saturated heterocycles. The highest BCUT2D eigenvalue weighted by Gasteiger charge is 2.52. The molecule has 58 heavy (non-hydrogen) atoms. The fraction of sp³-hybridized carbons (Fsp3) is 0.556. The van der Waals surface area contributed by atoms with Crippen LogP contribution in [0.4, 0.5) is 13.2 Å². The molecule has 1 unspecified atom stereocenters. The van der Waals surface area contributed by atoms with Gasteiger partial charge in [-0.05, 0) is 66.5 Å². The summed E-state index contributed by atoms with van der Waals surface area (Å²) >= 11 is 1.91. The van der Waals surface area contributed by atoms with Crippen LogP contribution in [0.3, 0.4) is 0 Å². The number of methoxy groups -OCH3 is 6. The summed E-state index contributed by atoms with van der Waals surface area (Å²) in [5.41, 5.74) is -0.734. The minimum absolute atomic E-state index is 0.106. The lowest BCUT2D eigenvalue weighted by Crippen LogP contribution is -2.41. The zero-order valence-corrected chi connectivity index (χ0v) is 40.9. The van der Waals surface area contributed by atoms with Crippen molar-refractivity contribution < 1.29 is 46.0 Å². The molecule has 0 saturated carbocycles. The van der Waals surface area contributed by atoms with E-state index in [4.69, 9.17) is 23.4 Å². The maximum Gasteiger partial charge on any atom is 0.421 e. The van der Waals surface area contributed by atoms with Gasteiger partial charge in [0.2, 0.25) is 0 Å². The number of hydrogen-bond acceptors (Lipinski definition) is 8. The van der Waals surface area contributed by atoms with Crippen LogP contribution in [0.2, 0.25) is 43.8 Å². The van der Waals surface area contributed by atoms with Crippen LogP contribution in [0.25, 0.3) is 0 Å². The van der Waals surface area contributed by atoms with Crippen LogP contribution in [0.5, 0.6) is 11.5 Å². The Labute approximate surface area is 357 Å². The Morgan fingerprint density at radius 2 is 1.10 bits per heavy atom. The molecular weight excluding hydrogens is 798 g/mol. The van der Waals surface area contributed by atoms with Crippen molar-refractivity contribution in [2.24, 2.45) is 0 Å². The average molecular weight is 875 g/mol. The van der Waals surface area contributed by atoms with Gasteiger partial charge in [0.1, 0.15) is 11.5 Å². The van der Waals surface area contributed by atoms with E-state index >= 15 is 0 Å². The molecule has 0 aliphatic rings. The summed E-state index contributed by atoms with van der Waals surface area (Å²) in [7, 11) is 9.35. The van der Waals surface area contributed by atoms with Gasteiger partial charge < -0.3 is 32.8 Å². The molecule has 0 aliphatic carbocycles. The summed E-state index contributed by atoms with van der Waals surface area (Å²) in [6.07, 6.45) is -2.71. The molecule has 0 radical (unpaired) electrons. The molecule has 3 aromatic rings. The summed E-state index contributed by atoms with van der Waals surface area (Å²) in [6.45, 7) is 20.7. The Hall–Kier alpha value is -2.63. The minimum atomic E-state index is -4.41. The van der Waals surface area contributed by atoms with Gasteiger partial charge in [0.05, 0.1) is 27.4 Å². The van der Waals surface area contributed by atoms with Crippen LogP contribution in [0, 0.1) is 0 Å². The molecule has 3 aromatic carbocycles. The molecule has 1 atom stereocenters. The fourth-order valence-corrected chi connectivity index (χ4v) is 8.52. The van der Waals surface area contributed by atoms with E-state index in [1.54, 1.807) is 59.8 Å². The van der Waals surface area contributed by atoms with Gasteiger partial charge in [-0.2, -0.15) is 24.9 Å². The molecule has 0 aromatic heterocycles. The van der Waals surface area contributed by atoms with Crippen molar-refractivity contribution >= 4 is 28.2 Å². The summed E-state index contributed by atoms with van der Waals surface area (Å²) in [5, 5.41) is 0. The predicted molar refractivity (Wildman–Crippen MR) is 247 cm³/mol. The Morgan fingerprint density at radius 1 is 0.655 bits per heavy atom. The molecule has 334 valence electrons. The van der Waals surface area contributed by atoms with Crippen LogP contribution in [0.1, 0.15) is 38.8 Å². The second kappa shape index (κ2) is 36.2. The van der Waals surface area contributed by atoms with Gasteiger partial charge in [-0.15, -0.1) is 6.58 Å². The van der Waals surface area contributed by atoms with Crippen LogP contribution in [0.15, 0.2) is 97.6 Å². The number of benzene rings is 3. The number of rotatable bonds is 18. The predicted octanol–water partition coefficient (Wildman–Crippen LogP) is 12.8. The molecule has 0 bridgehead atoms. The Balaban J connectivity index is -0.000000641. The third-order valence-corrected chi connectivity index (χ3v) is 16.2. The first kappa shape index (κ1) is 59.7. The smallest absolute Gasteiger partial charge is 0.421 e. The van der Waals surface area contributed by atoms with E-state index in [9.17, 15) is 13.2 Å². The third-order valence-electron chi connectivity index (χ3n) is 8.82. The lowest BCUT2D eigenvalue weighted by molar-refractivity contribution is -0.269. The van der Waals surface area contributed by atoms with Gasteiger partial charge in [0.15, 0.2) is 13.9 Å². The first-order valence-electron chi connectivity index (χ1n) is 19.5. The molecule has 7 nitrogen and oxygen atoms in total. The van der Waals surface area contributed by atoms with Crippen LogP contribution in [-0.4, -0.2) is 97.9 Å². The van der Waals surface area contributed by atoms with Gasteiger partial charge >= 0.3 is 6.18 Å². The lowest BCUT2D eigenvalue weighted by atomic mass is 9.95. The number of halogens is 3. The SMILES string of the molecule is C=CCOC.CC[Si](CC)(CC)OC.COC(C)(c1ccccc1)C(F)(F)F.COCCSCc1ccccc1.COCC[Si](C)(C)C.COc1ccc(OC)cc1. The normalized spacial score (nSPS) is 11.7. The largest absolute Gasteiger partial charge is 0.497 e. The highest BCUT2D eigenvalue weighted by Crippen LogP contribution is 2.41. The topological polar surface area (TPSA) is 64.6 Å². The first-order valence-corrected chi connectivity index (χ1v) is 26.9. The molecule has 3 rings (SSSR count). The highest BCUT2D eigenvalue weighted by molar-refractivity contribution is 7.98. The van der Waals surface area contributed by atoms with E-state index in [0.29, 0.717) is 6.61 Å². The number of ether oxygens (including phenoxy) is 6. The quantitative estimate of drug-likeness (QED) is 0.0711. The molecular formula is C45H77F3O7SSi2. The Kier molecular flexibility index (Phi) is 37.3. The Morgan fingerprint density at radius 3 is 1.36 bits per heavy atom. The van der Waals surface area contributed by atoms with E-state index in [0.717, 1.165) is 50.3 Å². The highest BCUT2D eigenvalue weighted by atomic mass is 32.2. The van der Waals surface area contributed by atoms with Gasteiger partial charge in [-0.3, -0.25) is 0 Å². The number of hydrogen-bond donors (Lipinski definition) is 0. The van der Waals surface area contributed by atoms with Gasteiger partial charge in [0.25, 0.3) is 0 Å². The van der Waals surface area contributed by atoms with Crippen molar-refractivity contribution in [3.8, 4) is 11.5 Å². The van der Waals surface area contributed by atoms with Crippen LogP contribution in [-0.2, 0) is 34.7 Å². The summed E-state index contributed by atoms with van der Waals surface area (Å²) in [5.74, 6) is 3.86. The van der Waals surface area contributed by atoms with E-state index in [1.807, 2.05) is 49.2 Å². The van der Waals surface area contributed by atoms with E-state index in [1.165, 1.54) is 41.9 Å². The second-order valence-electron chi connectivity index (χ2n) is 14.0. The van der Waals surface area contributed by atoms with Gasteiger partial charge in [-0.25, -0.2) is 0 Å². The number of thioether (sulfide) groups is 1. The van der Waals surface area contributed by atoms with Crippen LogP contribution < -0.4 is 9.47 Å². The summed E-state index contributed by atoms with van der Waals surface area (Å²) in [4.78, 5) is 0. The zero-order valence-electron chi connectivity index (χ0n) is 38.1. The fourth-order valence-electron chi connectivity index (χ4n) is 4.48. The molecule has 0 fully saturated rings. The van der Waals surface area contributed by atoms with E-state index in [-0.39, 0.29) is 5.56 Å². The number of alkyl halides is 3. The molecule has 0 aliphatic heterocycles. The van der Waals surface area contributed by atoms with Crippen molar-refractivity contribution in [2.45, 2.75) is 89.0 Å². The van der Waals surface area contributed by atoms with Crippen molar-refractivity contribution in [1.29, 1.82) is 0 Å². The third kappa shape index (κ3) is 29.6. The molecule has 13 heteroatoms. The molecule has 0 amide bonds. The van der Waals surface area contributed by atoms with Gasteiger partial charge in [-0.1, -0.05) is 107 Å². The summed E-state index contributed by atoms with van der Waals surface area (Å²) < 4.78 is 72.5. The van der Waals surface area contributed by atoms with Crippen molar-refractivity contribution in [3.63, 3.8) is 0 Å². The van der Waals surface area contributed by atoms with Crippen molar-refractivity contribution in [2.75, 3.05) is 75.3 Å². The maximum atomic E-state index is 12.7. The van der Waals surface area contributed by atoms with Crippen LogP contribution >= 0.6 is 11.8 Å². The lowest BCUT2D eigenvalue weighted by Gasteiger charge is -2.30. The molecule has 0 heterocycles. The standard InChI is InChI=1S/C10H11F3O.C10H14OS.C8H10O2.C7H18OSi.C6H16OSi.C4H8O/c1-9(14-2,10(11,12)13)8-6-4-3-5-7-8;1-11-7-8-12-9-10-5-3-2-4-6-10;1-9-7-3-5-8(10-2)6-4-7;1-5-9(6-2,7-3)8-4;1-7-5-6-8(2,3)4;1-3-4-5-2/h3-7H,1-2H3;2-6H,7-9H2,1H3;3-6H,1-2H3;5-7H2,1-4H3;5-6H2,1-4H3;3H,1,4H2,2H3. The van der Waals surface area contributed by atoms with E-state index < -0.39 is 28.2 Å². The zero-order chi connectivity index (χ0) is 44.9. The average Bonchev–Trinajstić information content (AvgIpc) is 3.24. The summed E-state index contributed by atoms with van der Waals surface area (Å²) in [6, 6.07) is 30.6. The van der Waals surface area contributed by atoms with Gasteiger partial charge in [0, 0.05) is 61.7 Å². The molecule has 0 spiro atoms.